The molecule has 0 spiro atoms. The molecule has 0 heterocycles. The number of carboxylic acid groups (broad SMARTS) is 1. The van der Waals surface area contributed by atoms with E-state index in [4.69, 9.17) is 5.11 Å². The van der Waals surface area contributed by atoms with Crippen LogP contribution in [0.25, 0.3) is 0 Å². The van der Waals surface area contributed by atoms with E-state index < -0.39 is 47.7 Å². The quantitative estimate of drug-likeness (QED) is 0.595. The van der Waals surface area contributed by atoms with Gasteiger partial charge in [-0.3, -0.25) is 0 Å². The lowest BCUT2D eigenvalue weighted by Crippen LogP contribution is -2.66. The highest BCUT2D eigenvalue weighted by molar-refractivity contribution is 5.80. The number of allylic oxidation sites excluding steroid dienone is 1. The lowest BCUT2D eigenvalue weighted by molar-refractivity contribution is -0.419. The van der Waals surface area contributed by atoms with Crippen LogP contribution in [0.5, 0.6) is 0 Å². The number of carbonyl (C=O) groups is 1. The van der Waals surface area contributed by atoms with Gasteiger partial charge in [0.05, 0.1) is 6.08 Å². The molecular formula is C8H2F12O2. The fraction of sp³-hybridized carbons (Fsp3) is 0.625. The van der Waals surface area contributed by atoms with Crippen molar-refractivity contribution < 1.29 is 62.6 Å². The third-order valence-electron chi connectivity index (χ3n) is 2.09. The highest BCUT2D eigenvalue weighted by Crippen LogP contribution is 2.58. The summed E-state index contributed by atoms with van der Waals surface area (Å²) in [6.45, 7) is 0. The zero-order valence-electron chi connectivity index (χ0n) is 9.47. The largest absolute Gasteiger partial charge is 0.478 e. The maximum absolute atomic E-state index is 12.8. The van der Waals surface area contributed by atoms with Crippen LogP contribution in [0.3, 0.4) is 0 Å². The minimum absolute atomic E-state index is 1.39. The number of alkyl halides is 11. The van der Waals surface area contributed by atoms with Crippen LogP contribution < -0.4 is 0 Å². The van der Waals surface area contributed by atoms with E-state index in [2.05, 4.69) is 0 Å². The number of hydrogen-bond acceptors (Lipinski definition) is 1. The summed E-state index contributed by atoms with van der Waals surface area (Å²) < 4.78 is 148. The van der Waals surface area contributed by atoms with E-state index in [0.29, 0.717) is 0 Å². The molecule has 0 aliphatic rings. The monoisotopic (exact) mass is 358 g/mol. The number of aliphatic carboxylic acids is 1. The Morgan fingerprint density at radius 1 is 0.727 bits per heavy atom. The minimum Gasteiger partial charge on any atom is -0.478 e. The molecule has 0 aromatic rings. The average Bonchev–Trinajstić information content (AvgIpc) is 2.25. The van der Waals surface area contributed by atoms with Crippen molar-refractivity contribution in [3.63, 3.8) is 0 Å². The van der Waals surface area contributed by atoms with Gasteiger partial charge in [-0.1, -0.05) is 0 Å². The summed E-state index contributed by atoms with van der Waals surface area (Å²) >= 11 is 0. The molecule has 0 aliphatic carbocycles. The summed E-state index contributed by atoms with van der Waals surface area (Å²) in [6, 6.07) is 0. The molecule has 0 rings (SSSR count). The second-order valence-electron chi connectivity index (χ2n) is 3.63. The first-order valence-electron chi connectivity index (χ1n) is 4.52. The summed E-state index contributed by atoms with van der Waals surface area (Å²) in [5.74, 6) is -36.6. The van der Waals surface area contributed by atoms with Crippen molar-refractivity contribution in [2.45, 2.75) is 29.9 Å². The number of carboxylic acids is 1. The number of rotatable bonds is 5. The van der Waals surface area contributed by atoms with E-state index in [9.17, 15) is 57.5 Å². The van der Waals surface area contributed by atoms with Gasteiger partial charge in [0.2, 0.25) is 0 Å². The van der Waals surface area contributed by atoms with Gasteiger partial charge in [-0.2, -0.15) is 48.3 Å². The van der Waals surface area contributed by atoms with Gasteiger partial charge in [-0.15, -0.1) is 0 Å². The predicted molar refractivity (Wildman–Crippen MR) is 42.7 cm³/mol. The van der Waals surface area contributed by atoms with Crippen LogP contribution in [-0.4, -0.2) is 40.9 Å². The van der Waals surface area contributed by atoms with Gasteiger partial charge in [-0.05, 0) is 0 Å². The molecule has 0 unspecified atom stereocenters. The molecule has 0 saturated carbocycles. The Hall–Kier alpha value is -1.63. The molecule has 0 aliphatic heterocycles. The highest BCUT2D eigenvalue weighted by atomic mass is 19.4. The van der Waals surface area contributed by atoms with Crippen molar-refractivity contribution in [1.82, 2.24) is 0 Å². The Morgan fingerprint density at radius 2 is 1.09 bits per heavy atom. The summed E-state index contributed by atoms with van der Waals surface area (Å²) in [6.07, 6.45) is -8.77. The molecule has 22 heavy (non-hydrogen) atoms. The summed E-state index contributed by atoms with van der Waals surface area (Å²) in [4.78, 5) is 9.78. The predicted octanol–water partition coefficient (Wildman–Crippen LogP) is 4.03. The van der Waals surface area contributed by atoms with Crippen LogP contribution in [0, 0.1) is 0 Å². The molecule has 0 bridgehead atoms. The van der Waals surface area contributed by atoms with Crippen molar-refractivity contribution in [3.8, 4) is 0 Å². The van der Waals surface area contributed by atoms with Crippen molar-refractivity contribution in [2.75, 3.05) is 0 Å². The van der Waals surface area contributed by atoms with E-state index in [1.54, 1.807) is 0 Å². The molecule has 0 aromatic heterocycles. The van der Waals surface area contributed by atoms with E-state index in [-0.39, 0.29) is 0 Å². The standard InChI is InChI=1S/C8H2F12O2/c9-2(1-3(21)22)4(10,11)5(12,13)6(14,15)7(16,17)8(18,19)20/h1H,(H,21,22)/b2-1-. The molecule has 0 saturated heterocycles. The van der Waals surface area contributed by atoms with E-state index in [0.717, 1.165) is 0 Å². The maximum atomic E-state index is 12.8. The summed E-state index contributed by atoms with van der Waals surface area (Å²) in [7, 11) is 0. The fourth-order valence-electron chi connectivity index (χ4n) is 0.921. The lowest BCUT2D eigenvalue weighted by atomic mass is 9.97. The average molecular weight is 358 g/mol. The first kappa shape index (κ1) is 20.4. The van der Waals surface area contributed by atoms with Crippen LogP contribution in [0.1, 0.15) is 0 Å². The molecule has 0 fully saturated rings. The maximum Gasteiger partial charge on any atom is 0.460 e. The van der Waals surface area contributed by atoms with Gasteiger partial charge >= 0.3 is 35.8 Å². The molecule has 2 nitrogen and oxygen atoms in total. The normalized spacial score (nSPS) is 15.9. The van der Waals surface area contributed by atoms with Gasteiger partial charge in [0.25, 0.3) is 0 Å². The Balaban J connectivity index is 6.17. The second-order valence-corrected chi connectivity index (χ2v) is 3.63. The van der Waals surface area contributed by atoms with Gasteiger partial charge in [0, 0.05) is 0 Å². The van der Waals surface area contributed by atoms with Crippen LogP contribution in [0.15, 0.2) is 11.9 Å². The van der Waals surface area contributed by atoms with Crippen molar-refractivity contribution in [1.29, 1.82) is 0 Å². The molecule has 0 radical (unpaired) electrons. The van der Waals surface area contributed by atoms with E-state index in [1.807, 2.05) is 0 Å². The first-order chi connectivity index (χ1) is 9.34. The summed E-state index contributed by atoms with van der Waals surface area (Å²) in [5, 5.41) is 7.79. The van der Waals surface area contributed by atoms with Crippen LogP contribution in [-0.2, 0) is 4.79 Å². The van der Waals surface area contributed by atoms with Gasteiger partial charge in [0.15, 0.2) is 5.83 Å². The SMILES string of the molecule is O=C(O)/C=C(\F)C(F)(F)C(F)(F)C(F)(F)C(F)(F)C(F)(F)F. The first-order valence-corrected chi connectivity index (χ1v) is 4.52. The molecule has 14 heteroatoms. The topological polar surface area (TPSA) is 37.3 Å². The number of halogens is 12. The molecule has 0 atom stereocenters. The third kappa shape index (κ3) is 2.82. The molecule has 130 valence electrons. The minimum atomic E-state index is -7.79. The Kier molecular flexibility index (Phi) is 4.84. The molecule has 1 N–H and O–H groups in total. The van der Waals surface area contributed by atoms with E-state index >= 15 is 0 Å². The van der Waals surface area contributed by atoms with Crippen molar-refractivity contribution in [2.24, 2.45) is 0 Å². The molecule has 0 amide bonds. The summed E-state index contributed by atoms with van der Waals surface area (Å²) in [5.41, 5.74) is 0. The van der Waals surface area contributed by atoms with Crippen molar-refractivity contribution in [3.05, 3.63) is 11.9 Å². The Bertz CT molecular complexity index is 474. The van der Waals surface area contributed by atoms with Crippen LogP contribution in [0.4, 0.5) is 52.7 Å². The van der Waals surface area contributed by atoms with E-state index in [1.165, 1.54) is 0 Å². The second kappa shape index (κ2) is 5.22. The van der Waals surface area contributed by atoms with Gasteiger partial charge in [0.1, 0.15) is 0 Å². The van der Waals surface area contributed by atoms with Crippen molar-refractivity contribution >= 4 is 5.97 Å². The smallest absolute Gasteiger partial charge is 0.460 e. The molecular weight excluding hydrogens is 356 g/mol. The third-order valence-corrected chi connectivity index (χ3v) is 2.09. The van der Waals surface area contributed by atoms with Crippen LogP contribution in [0.2, 0.25) is 0 Å². The lowest BCUT2D eigenvalue weighted by Gasteiger charge is -2.36. The zero-order valence-corrected chi connectivity index (χ0v) is 9.47. The highest BCUT2D eigenvalue weighted by Gasteiger charge is 2.87. The Morgan fingerprint density at radius 3 is 1.36 bits per heavy atom. The zero-order chi connectivity index (χ0) is 18.4. The van der Waals surface area contributed by atoms with Gasteiger partial charge < -0.3 is 5.11 Å². The Labute approximate surface area is 112 Å². The fourth-order valence-corrected chi connectivity index (χ4v) is 0.921. The molecule has 0 aromatic carbocycles. The van der Waals surface area contributed by atoms with Gasteiger partial charge in [-0.25, -0.2) is 9.18 Å². The number of hydrogen-bond donors (Lipinski definition) is 1. The van der Waals surface area contributed by atoms with Crippen LogP contribution >= 0.6 is 0 Å².